The molecule has 3 heteroatoms. The number of rotatable bonds is 6. The normalized spacial score (nSPS) is 12.2. The molecule has 0 aliphatic heterocycles. The fraction of sp³-hybridized carbons (Fsp3) is 0.500. The van der Waals surface area contributed by atoms with Crippen molar-refractivity contribution in [1.82, 2.24) is 0 Å². The van der Waals surface area contributed by atoms with Crippen LogP contribution in [-0.4, -0.2) is 19.0 Å². The Kier molecular flexibility index (Phi) is 5.40. The summed E-state index contributed by atoms with van der Waals surface area (Å²) in [5.74, 6) is 2.90. The molecule has 84 valence electrons. The van der Waals surface area contributed by atoms with Gasteiger partial charge in [0.2, 0.25) is 0 Å². The van der Waals surface area contributed by atoms with Crippen LogP contribution in [0.15, 0.2) is 24.3 Å². The minimum absolute atomic E-state index is 0.447. The quantitative estimate of drug-likeness (QED) is 0.752. The van der Waals surface area contributed by atoms with Gasteiger partial charge in [-0.25, -0.2) is 0 Å². The van der Waals surface area contributed by atoms with Crippen molar-refractivity contribution >= 4 is 12.6 Å². The third-order valence-corrected chi connectivity index (χ3v) is 2.61. The van der Waals surface area contributed by atoms with E-state index in [4.69, 9.17) is 9.47 Å². The predicted molar refractivity (Wildman–Crippen MR) is 66.1 cm³/mol. The van der Waals surface area contributed by atoms with E-state index in [1.165, 1.54) is 0 Å². The van der Waals surface area contributed by atoms with E-state index in [1.807, 2.05) is 31.2 Å². The molecule has 2 nitrogen and oxygen atoms in total. The Labute approximate surface area is 97.0 Å². The highest BCUT2D eigenvalue weighted by atomic mass is 32.1. The van der Waals surface area contributed by atoms with E-state index >= 15 is 0 Å². The largest absolute Gasteiger partial charge is 0.490 e. The lowest BCUT2D eigenvalue weighted by Crippen LogP contribution is -2.10. The molecular weight excluding hydrogens is 208 g/mol. The summed E-state index contributed by atoms with van der Waals surface area (Å²) in [6.07, 6.45) is 0. The minimum atomic E-state index is 0.447. The molecule has 0 heterocycles. The Bertz CT molecular complexity index is 289. The zero-order chi connectivity index (χ0) is 11.1. The highest BCUT2D eigenvalue weighted by Crippen LogP contribution is 2.26. The monoisotopic (exact) mass is 226 g/mol. The van der Waals surface area contributed by atoms with Gasteiger partial charge in [-0.3, -0.25) is 0 Å². The van der Waals surface area contributed by atoms with Crippen LogP contribution in [0.3, 0.4) is 0 Å². The number of ether oxygens (including phenoxy) is 2. The molecule has 15 heavy (non-hydrogen) atoms. The summed E-state index contributed by atoms with van der Waals surface area (Å²) in [6.45, 7) is 5.40. The van der Waals surface area contributed by atoms with E-state index in [0.717, 1.165) is 17.3 Å². The number of para-hydroxylation sites is 2. The molecule has 0 N–H and O–H groups in total. The summed E-state index contributed by atoms with van der Waals surface area (Å²) in [4.78, 5) is 0. The summed E-state index contributed by atoms with van der Waals surface area (Å²) in [5, 5.41) is 0. The zero-order valence-electron chi connectivity index (χ0n) is 9.27. The first-order valence-corrected chi connectivity index (χ1v) is 5.86. The Morgan fingerprint density at radius 1 is 1.20 bits per heavy atom. The van der Waals surface area contributed by atoms with Gasteiger partial charge in [-0.05, 0) is 30.7 Å². The first-order valence-electron chi connectivity index (χ1n) is 5.23. The number of hydrogen-bond acceptors (Lipinski definition) is 3. The molecule has 0 radical (unpaired) electrons. The molecule has 0 aromatic heterocycles. The lowest BCUT2D eigenvalue weighted by atomic mass is 10.2. The minimum Gasteiger partial charge on any atom is -0.490 e. The lowest BCUT2D eigenvalue weighted by Gasteiger charge is -2.13. The van der Waals surface area contributed by atoms with Gasteiger partial charge in [0.25, 0.3) is 0 Å². The van der Waals surface area contributed by atoms with Gasteiger partial charge < -0.3 is 9.47 Å². The standard InChI is InChI=1S/C12H18O2S/c1-3-13-11-6-4-5-7-12(11)14-8-10(2)9-15/h4-7,10,15H,3,8-9H2,1-2H3. The molecule has 1 aromatic rings. The topological polar surface area (TPSA) is 18.5 Å². The van der Waals surface area contributed by atoms with Gasteiger partial charge >= 0.3 is 0 Å². The van der Waals surface area contributed by atoms with Crippen LogP contribution in [0.5, 0.6) is 11.5 Å². The molecule has 1 aromatic carbocycles. The molecule has 0 amide bonds. The smallest absolute Gasteiger partial charge is 0.161 e. The second kappa shape index (κ2) is 6.62. The van der Waals surface area contributed by atoms with Crippen LogP contribution < -0.4 is 9.47 Å². The van der Waals surface area contributed by atoms with Gasteiger partial charge in [-0.15, -0.1) is 0 Å². The van der Waals surface area contributed by atoms with Crippen molar-refractivity contribution in [2.45, 2.75) is 13.8 Å². The highest BCUT2D eigenvalue weighted by molar-refractivity contribution is 7.80. The third kappa shape index (κ3) is 4.04. The van der Waals surface area contributed by atoms with E-state index in [1.54, 1.807) is 0 Å². The molecule has 0 bridgehead atoms. The Hall–Kier alpha value is -0.830. The molecule has 1 unspecified atom stereocenters. The molecule has 0 aliphatic carbocycles. The van der Waals surface area contributed by atoms with Crippen molar-refractivity contribution in [2.75, 3.05) is 19.0 Å². The van der Waals surface area contributed by atoms with Crippen molar-refractivity contribution in [3.05, 3.63) is 24.3 Å². The second-order valence-electron chi connectivity index (χ2n) is 3.48. The van der Waals surface area contributed by atoms with Crippen LogP contribution in [0, 0.1) is 5.92 Å². The molecule has 0 aliphatic rings. The van der Waals surface area contributed by atoms with Crippen LogP contribution in [-0.2, 0) is 0 Å². The van der Waals surface area contributed by atoms with E-state index in [0.29, 0.717) is 19.1 Å². The molecule has 0 spiro atoms. The van der Waals surface area contributed by atoms with Crippen LogP contribution in [0.2, 0.25) is 0 Å². The fourth-order valence-corrected chi connectivity index (χ4v) is 1.23. The average Bonchev–Trinajstić information content (AvgIpc) is 2.28. The second-order valence-corrected chi connectivity index (χ2v) is 3.84. The third-order valence-electron chi connectivity index (χ3n) is 1.98. The van der Waals surface area contributed by atoms with Gasteiger partial charge in [-0.1, -0.05) is 19.1 Å². The van der Waals surface area contributed by atoms with E-state index < -0.39 is 0 Å². The van der Waals surface area contributed by atoms with Gasteiger partial charge in [0.05, 0.1) is 13.2 Å². The number of thiol groups is 1. The maximum atomic E-state index is 5.67. The number of benzene rings is 1. The van der Waals surface area contributed by atoms with Crippen molar-refractivity contribution in [3.63, 3.8) is 0 Å². The van der Waals surface area contributed by atoms with E-state index in [9.17, 15) is 0 Å². The van der Waals surface area contributed by atoms with Gasteiger partial charge in [0.1, 0.15) is 0 Å². The van der Waals surface area contributed by atoms with Crippen LogP contribution in [0.1, 0.15) is 13.8 Å². The fourth-order valence-electron chi connectivity index (χ4n) is 1.13. The lowest BCUT2D eigenvalue weighted by molar-refractivity contribution is 0.250. The molecule has 1 atom stereocenters. The van der Waals surface area contributed by atoms with Crippen molar-refractivity contribution in [3.8, 4) is 11.5 Å². The highest BCUT2D eigenvalue weighted by Gasteiger charge is 2.05. The molecule has 0 saturated heterocycles. The van der Waals surface area contributed by atoms with Crippen LogP contribution in [0.4, 0.5) is 0 Å². The molecular formula is C12H18O2S. The molecule has 1 rings (SSSR count). The summed E-state index contributed by atoms with van der Waals surface area (Å²) in [5.41, 5.74) is 0. The first kappa shape index (κ1) is 12.2. The first-order chi connectivity index (χ1) is 7.27. The van der Waals surface area contributed by atoms with Gasteiger partial charge in [0.15, 0.2) is 11.5 Å². The molecule has 0 fully saturated rings. The SMILES string of the molecule is CCOc1ccccc1OCC(C)CS. The summed E-state index contributed by atoms with van der Waals surface area (Å²) >= 11 is 4.22. The van der Waals surface area contributed by atoms with Crippen molar-refractivity contribution < 1.29 is 9.47 Å². The maximum absolute atomic E-state index is 5.67. The summed E-state index contributed by atoms with van der Waals surface area (Å²) in [6, 6.07) is 7.74. The Balaban J connectivity index is 2.58. The van der Waals surface area contributed by atoms with Crippen LogP contribution >= 0.6 is 12.6 Å². The maximum Gasteiger partial charge on any atom is 0.161 e. The zero-order valence-corrected chi connectivity index (χ0v) is 10.2. The summed E-state index contributed by atoms with van der Waals surface area (Å²) in [7, 11) is 0. The summed E-state index contributed by atoms with van der Waals surface area (Å²) < 4.78 is 11.1. The van der Waals surface area contributed by atoms with Crippen LogP contribution in [0.25, 0.3) is 0 Å². The molecule has 0 saturated carbocycles. The number of hydrogen-bond donors (Lipinski definition) is 1. The van der Waals surface area contributed by atoms with Gasteiger partial charge in [-0.2, -0.15) is 12.6 Å². The van der Waals surface area contributed by atoms with E-state index in [-0.39, 0.29) is 0 Å². The van der Waals surface area contributed by atoms with Crippen molar-refractivity contribution in [1.29, 1.82) is 0 Å². The predicted octanol–water partition coefficient (Wildman–Crippen LogP) is 3.03. The Morgan fingerprint density at radius 2 is 1.80 bits per heavy atom. The van der Waals surface area contributed by atoms with Crippen molar-refractivity contribution in [2.24, 2.45) is 5.92 Å². The Morgan fingerprint density at radius 3 is 2.33 bits per heavy atom. The van der Waals surface area contributed by atoms with E-state index in [2.05, 4.69) is 19.6 Å². The average molecular weight is 226 g/mol. The van der Waals surface area contributed by atoms with Gasteiger partial charge in [0, 0.05) is 0 Å².